The molecular weight excluding hydrogens is 316 g/mol. The van der Waals surface area contributed by atoms with E-state index in [9.17, 15) is 4.79 Å². The number of pyridine rings is 1. The van der Waals surface area contributed by atoms with Crippen LogP contribution in [0.1, 0.15) is 16.4 Å². The minimum absolute atomic E-state index is 0.0758. The second-order valence-electron chi connectivity index (χ2n) is 5.43. The Labute approximate surface area is 146 Å². The molecule has 0 aliphatic heterocycles. The molecule has 1 aromatic heterocycles. The zero-order valence-electron chi connectivity index (χ0n) is 13.3. The molecule has 120 valence electrons. The molecule has 4 heteroatoms. The number of hydrogen-bond acceptors (Lipinski definition) is 3. The van der Waals surface area contributed by atoms with Crippen LogP contribution in [0.2, 0.25) is 0 Å². The maximum atomic E-state index is 12.9. The number of nitrogens with zero attached hydrogens (tertiary/aromatic N) is 1. The van der Waals surface area contributed by atoms with Crippen molar-refractivity contribution in [1.29, 1.82) is 0 Å². The summed E-state index contributed by atoms with van der Waals surface area (Å²) < 4.78 is 0. The van der Waals surface area contributed by atoms with Gasteiger partial charge in [0.05, 0.1) is 0 Å². The lowest BCUT2D eigenvalue weighted by Gasteiger charge is -2.17. The lowest BCUT2D eigenvalue weighted by molar-refractivity contribution is -0.115. The molecule has 1 heterocycles. The van der Waals surface area contributed by atoms with Gasteiger partial charge >= 0.3 is 0 Å². The molecule has 3 nitrogen and oxygen atoms in total. The minimum Gasteiger partial charge on any atom is -0.309 e. The van der Waals surface area contributed by atoms with E-state index < -0.39 is 0 Å². The number of rotatable bonds is 5. The van der Waals surface area contributed by atoms with Gasteiger partial charge in [0, 0.05) is 11.1 Å². The SMILES string of the molecule is Cc1ccnc(NC(=O)C(Sc2ccccc2)c2ccccc2)c1. The predicted octanol–water partition coefficient (Wildman–Crippen LogP) is 4.86. The van der Waals surface area contributed by atoms with E-state index in [1.807, 2.05) is 79.7 Å². The highest BCUT2D eigenvalue weighted by molar-refractivity contribution is 8.00. The first-order valence-corrected chi connectivity index (χ1v) is 8.60. The Bertz CT molecular complexity index is 806. The monoisotopic (exact) mass is 334 g/mol. The molecule has 0 saturated heterocycles. The molecule has 1 amide bonds. The molecule has 1 atom stereocenters. The first kappa shape index (κ1) is 16.3. The number of aryl methyl sites for hydroxylation is 1. The highest BCUT2D eigenvalue weighted by Crippen LogP contribution is 2.35. The Hall–Kier alpha value is -2.59. The lowest BCUT2D eigenvalue weighted by atomic mass is 10.1. The van der Waals surface area contributed by atoms with Crippen LogP contribution in [0.15, 0.2) is 83.9 Å². The van der Waals surface area contributed by atoms with Crippen molar-refractivity contribution in [2.45, 2.75) is 17.1 Å². The van der Waals surface area contributed by atoms with Crippen LogP contribution in [-0.2, 0) is 4.79 Å². The highest BCUT2D eigenvalue weighted by Gasteiger charge is 2.22. The van der Waals surface area contributed by atoms with Gasteiger partial charge in [-0.15, -0.1) is 11.8 Å². The number of carbonyl (C=O) groups is 1. The lowest BCUT2D eigenvalue weighted by Crippen LogP contribution is -2.19. The van der Waals surface area contributed by atoms with E-state index >= 15 is 0 Å². The van der Waals surface area contributed by atoms with Gasteiger partial charge in [-0.25, -0.2) is 4.98 Å². The fourth-order valence-corrected chi connectivity index (χ4v) is 3.38. The Morgan fingerprint density at radius 3 is 2.33 bits per heavy atom. The van der Waals surface area contributed by atoms with Crippen molar-refractivity contribution in [2.24, 2.45) is 0 Å². The maximum absolute atomic E-state index is 12.9. The van der Waals surface area contributed by atoms with Crippen LogP contribution in [0, 0.1) is 6.92 Å². The molecule has 0 radical (unpaired) electrons. The zero-order valence-corrected chi connectivity index (χ0v) is 14.2. The van der Waals surface area contributed by atoms with Crippen molar-refractivity contribution in [1.82, 2.24) is 4.98 Å². The maximum Gasteiger partial charge on any atom is 0.243 e. The number of anilines is 1. The Kier molecular flexibility index (Phi) is 5.29. The van der Waals surface area contributed by atoms with Gasteiger partial charge in [-0.2, -0.15) is 0 Å². The fraction of sp³-hybridized carbons (Fsp3) is 0.100. The van der Waals surface area contributed by atoms with Gasteiger partial charge in [0.25, 0.3) is 0 Å². The number of thioether (sulfide) groups is 1. The number of nitrogens with one attached hydrogen (secondary N) is 1. The van der Waals surface area contributed by atoms with Crippen molar-refractivity contribution in [2.75, 3.05) is 5.32 Å². The van der Waals surface area contributed by atoms with Gasteiger partial charge in [0.1, 0.15) is 11.1 Å². The number of aromatic nitrogens is 1. The van der Waals surface area contributed by atoms with Gasteiger partial charge in [-0.05, 0) is 42.3 Å². The van der Waals surface area contributed by atoms with Crippen molar-refractivity contribution < 1.29 is 4.79 Å². The largest absolute Gasteiger partial charge is 0.309 e. The molecule has 3 aromatic rings. The first-order chi connectivity index (χ1) is 11.7. The number of hydrogen-bond donors (Lipinski definition) is 1. The van der Waals surface area contributed by atoms with E-state index in [1.54, 1.807) is 6.20 Å². The summed E-state index contributed by atoms with van der Waals surface area (Å²) in [5, 5.41) is 2.59. The second kappa shape index (κ2) is 7.79. The third-order valence-corrected chi connectivity index (χ3v) is 4.77. The Balaban J connectivity index is 1.85. The number of carbonyl (C=O) groups excluding carboxylic acids is 1. The molecule has 1 N–H and O–H groups in total. The van der Waals surface area contributed by atoms with Gasteiger partial charge in [0.2, 0.25) is 5.91 Å². The van der Waals surface area contributed by atoms with Crippen molar-refractivity contribution >= 4 is 23.5 Å². The summed E-state index contributed by atoms with van der Waals surface area (Å²) in [6.07, 6.45) is 1.70. The average molecular weight is 334 g/mol. The predicted molar refractivity (Wildman–Crippen MR) is 99.1 cm³/mol. The molecule has 0 saturated carbocycles. The summed E-state index contributed by atoms with van der Waals surface area (Å²) in [5.41, 5.74) is 2.03. The topological polar surface area (TPSA) is 42.0 Å². The van der Waals surface area contributed by atoms with Crippen LogP contribution in [0.5, 0.6) is 0 Å². The minimum atomic E-state index is -0.337. The zero-order chi connectivity index (χ0) is 16.8. The summed E-state index contributed by atoms with van der Waals surface area (Å²) in [5.74, 6) is 0.503. The Morgan fingerprint density at radius 2 is 1.67 bits per heavy atom. The van der Waals surface area contributed by atoms with Crippen LogP contribution in [0.4, 0.5) is 5.82 Å². The summed E-state index contributed by atoms with van der Waals surface area (Å²) in [6.45, 7) is 1.98. The van der Waals surface area contributed by atoms with Crippen LogP contribution < -0.4 is 5.32 Å². The highest BCUT2D eigenvalue weighted by atomic mass is 32.2. The van der Waals surface area contributed by atoms with E-state index in [0.29, 0.717) is 5.82 Å². The molecule has 0 aliphatic carbocycles. The number of amides is 1. The third-order valence-electron chi connectivity index (χ3n) is 3.50. The van der Waals surface area contributed by atoms with E-state index in [1.165, 1.54) is 11.8 Å². The Morgan fingerprint density at radius 1 is 1.00 bits per heavy atom. The standard InChI is InChI=1S/C20H18N2OS/c1-15-12-13-21-18(14-15)22-20(23)19(16-8-4-2-5-9-16)24-17-10-6-3-7-11-17/h2-14,19H,1H3,(H,21,22,23). The third kappa shape index (κ3) is 4.24. The van der Waals surface area contributed by atoms with Gasteiger partial charge < -0.3 is 5.32 Å². The number of benzene rings is 2. The van der Waals surface area contributed by atoms with Crippen LogP contribution in [0.25, 0.3) is 0 Å². The smallest absolute Gasteiger partial charge is 0.243 e. The van der Waals surface area contributed by atoms with Gasteiger partial charge in [0.15, 0.2) is 0 Å². The van der Waals surface area contributed by atoms with E-state index in [4.69, 9.17) is 0 Å². The van der Waals surface area contributed by atoms with Gasteiger partial charge in [-0.1, -0.05) is 48.5 Å². The molecule has 24 heavy (non-hydrogen) atoms. The van der Waals surface area contributed by atoms with Crippen LogP contribution in [0.3, 0.4) is 0 Å². The second-order valence-corrected chi connectivity index (χ2v) is 6.61. The van der Waals surface area contributed by atoms with Crippen molar-refractivity contribution in [3.63, 3.8) is 0 Å². The average Bonchev–Trinajstić information content (AvgIpc) is 2.61. The van der Waals surface area contributed by atoms with E-state index in [-0.39, 0.29) is 11.2 Å². The molecule has 0 aliphatic rings. The summed E-state index contributed by atoms with van der Waals surface area (Å²) in [4.78, 5) is 18.1. The molecular formula is C20H18N2OS. The van der Waals surface area contributed by atoms with E-state index in [0.717, 1.165) is 16.0 Å². The molecule has 3 rings (SSSR count). The molecule has 0 bridgehead atoms. The van der Waals surface area contributed by atoms with Crippen LogP contribution >= 0.6 is 11.8 Å². The first-order valence-electron chi connectivity index (χ1n) is 7.72. The summed E-state index contributed by atoms with van der Waals surface area (Å²) in [7, 11) is 0. The summed E-state index contributed by atoms with van der Waals surface area (Å²) in [6, 6.07) is 23.5. The van der Waals surface area contributed by atoms with Crippen molar-refractivity contribution in [3.05, 3.63) is 90.1 Å². The molecule has 1 unspecified atom stereocenters. The molecule has 0 fully saturated rings. The fourth-order valence-electron chi connectivity index (χ4n) is 2.33. The van der Waals surface area contributed by atoms with Crippen LogP contribution in [-0.4, -0.2) is 10.9 Å². The van der Waals surface area contributed by atoms with Gasteiger partial charge in [-0.3, -0.25) is 4.79 Å². The van der Waals surface area contributed by atoms with Crippen molar-refractivity contribution in [3.8, 4) is 0 Å². The molecule has 0 spiro atoms. The normalized spacial score (nSPS) is 11.7. The summed E-state index contributed by atoms with van der Waals surface area (Å²) >= 11 is 1.53. The molecule has 2 aromatic carbocycles. The quantitative estimate of drug-likeness (QED) is 0.677. The van der Waals surface area contributed by atoms with E-state index in [2.05, 4.69) is 10.3 Å².